The van der Waals surface area contributed by atoms with Crippen molar-refractivity contribution in [3.05, 3.63) is 282 Å². The SMILES string of the molecule is C[C@]1(CN)COc2cccc(-c3ccccc3)c2O1.Clc1ccc(-c2cccc3c2OC(CNC2CC2)CO3)c(Cl)c1.Clc1ccc(-c2cccc3c2OC(CNC2CCC2)CO3)c(Cl)c1.Clc1ccccc1-c1cccc2c1OC(CNC1CC1)CO2.NC[C@H]1COc2cc(F)cc(-c3c(Cl)cccc3Cl)c2O1.NC[C@H]1COc2cccc(-c3c(Cl)cccc3Cl)c2O1. The minimum atomic E-state index is -0.460. The molecule has 0 saturated heterocycles. The highest BCUT2D eigenvalue weighted by atomic mass is 35.5. The van der Waals surface area contributed by atoms with Gasteiger partial charge in [0.1, 0.15) is 76.0 Å². The van der Waals surface area contributed by atoms with Crippen LogP contribution in [-0.2, 0) is 0 Å². The zero-order valence-electron chi connectivity index (χ0n) is 70.4. The lowest BCUT2D eigenvalue weighted by Crippen LogP contribution is -2.48. The molecule has 6 aliphatic heterocycles. The minimum Gasteiger partial charge on any atom is -0.486 e. The van der Waals surface area contributed by atoms with Gasteiger partial charge in [0, 0.05) is 140 Å². The number of para-hydroxylation sites is 5. The molecule has 3 unspecified atom stereocenters. The van der Waals surface area contributed by atoms with Crippen LogP contribution in [0.3, 0.4) is 0 Å². The van der Waals surface area contributed by atoms with Crippen LogP contribution in [0.15, 0.2) is 231 Å². The molecule has 18 nitrogen and oxygen atoms in total. The van der Waals surface area contributed by atoms with E-state index in [1.165, 1.54) is 57.1 Å². The molecule has 21 rings (SSSR count). The lowest BCUT2D eigenvalue weighted by atomic mass is 9.93. The first-order chi connectivity index (χ1) is 62.7. The van der Waals surface area contributed by atoms with Crippen molar-refractivity contribution < 1.29 is 61.2 Å². The normalized spacial score (nSPS) is 19.1. The number of benzene rings is 12. The van der Waals surface area contributed by atoms with Gasteiger partial charge in [-0.25, -0.2) is 4.39 Å². The van der Waals surface area contributed by atoms with Gasteiger partial charge in [-0.15, -0.1) is 0 Å². The van der Waals surface area contributed by atoms with Gasteiger partial charge < -0.3 is 90.0 Å². The molecule has 0 spiro atoms. The lowest BCUT2D eigenvalue weighted by Gasteiger charge is -2.35. The fraction of sp³-hybridized carbons (Fsp3) is 0.287. The second-order valence-corrected chi connectivity index (χ2v) is 36.1. The summed E-state index contributed by atoms with van der Waals surface area (Å²) in [4.78, 5) is 0. The number of rotatable bonds is 18. The molecule has 6 heterocycles. The first-order valence-electron chi connectivity index (χ1n) is 42.9. The van der Waals surface area contributed by atoms with Gasteiger partial charge in [0.25, 0.3) is 0 Å². The summed E-state index contributed by atoms with van der Waals surface area (Å²) in [7, 11) is 0. The topological polar surface area (TPSA) is 225 Å². The summed E-state index contributed by atoms with van der Waals surface area (Å²) in [6.07, 6.45) is 8.51. The molecule has 672 valence electrons. The van der Waals surface area contributed by atoms with Crippen LogP contribution < -0.4 is 90.0 Å². The van der Waals surface area contributed by atoms with E-state index in [2.05, 4.69) is 28.1 Å². The highest BCUT2D eigenvalue weighted by molar-refractivity contribution is 6.40. The van der Waals surface area contributed by atoms with E-state index >= 15 is 0 Å². The van der Waals surface area contributed by atoms with Crippen LogP contribution in [0.4, 0.5) is 4.39 Å². The number of fused-ring (bicyclic) bond motifs is 6. The molecule has 129 heavy (non-hydrogen) atoms. The van der Waals surface area contributed by atoms with E-state index in [0.29, 0.717) is 145 Å². The van der Waals surface area contributed by atoms with Gasteiger partial charge in [-0.1, -0.05) is 244 Å². The summed E-state index contributed by atoms with van der Waals surface area (Å²) in [5.41, 5.74) is 26.9. The van der Waals surface area contributed by atoms with E-state index in [1.54, 1.807) is 42.5 Å². The minimum absolute atomic E-state index is 0.00493. The first-order valence-corrected chi connectivity index (χ1v) is 46.3. The highest BCUT2D eigenvalue weighted by Crippen LogP contribution is 2.52. The molecular formula is C101H96Cl9FN6O12. The Morgan fingerprint density at radius 2 is 0.667 bits per heavy atom. The maximum absolute atomic E-state index is 13.8. The van der Waals surface area contributed by atoms with Crippen LogP contribution >= 0.6 is 104 Å². The predicted octanol–water partition coefficient (Wildman–Crippen LogP) is 23.9. The molecule has 3 aliphatic carbocycles. The van der Waals surface area contributed by atoms with Gasteiger partial charge in [0.15, 0.2) is 74.6 Å². The Labute approximate surface area is 795 Å². The Bertz CT molecular complexity index is 5880. The maximum atomic E-state index is 13.8. The molecule has 0 aromatic heterocycles. The zero-order valence-corrected chi connectivity index (χ0v) is 77.2. The molecule has 6 atom stereocenters. The second-order valence-electron chi connectivity index (χ2n) is 32.4. The number of nitrogens with one attached hydrogen (secondary N) is 3. The Hall–Kier alpha value is -9.46. The Morgan fingerprint density at radius 3 is 1.09 bits per heavy atom. The van der Waals surface area contributed by atoms with E-state index < -0.39 is 11.4 Å². The van der Waals surface area contributed by atoms with Crippen molar-refractivity contribution in [3.8, 4) is 136 Å². The van der Waals surface area contributed by atoms with Gasteiger partial charge in [-0.05, 0) is 142 Å². The van der Waals surface area contributed by atoms with Crippen molar-refractivity contribution >= 4 is 104 Å². The Kier molecular flexibility index (Phi) is 31.1. The molecule has 0 radical (unpaired) electrons. The van der Waals surface area contributed by atoms with Crippen molar-refractivity contribution in [3.63, 3.8) is 0 Å². The summed E-state index contributed by atoms with van der Waals surface area (Å²) in [6.45, 7) is 8.42. The van der Waals surface area contributed by atoms with Gasteiger partial charge in [-0.2, -0.15) is 0 Å². The Balaban J connectivity index is 0.000000114. The fourth-order valence-corrected chi connectivity index (χ4v) is 17.6. The van der Waals surface area contributed by atoms with Crippen LogP contribution in [0.25, 0.3) is 66.8 Å². The molecule has 3 fully saturated rings. The van der Waals surface area contributed by atoms with Crippen LogP contribution in [0.1, 0.15) is 51.9 Å². The van der Waals surface area contributed by atoms with Gasteiger partial charge in [0.2, 0.25) is 0 Å². The number of hydrogen-bond acceptors (Lipinski definition) is 18. The largest absolute Gasteiger partial charge is 0.486 e. The molecule has 0 amide bonds. The molecule has 3 saturated carbocycles. The average molecular weight is 1920 g/mol. The van der Waals surface area contributed by atoms with E-state index in [4.69, 9.17) is 178 Å². The Morgan fingerprint density at radius 1 is 0.318 bits per heavy atom. The van der Waals surface area contributed by atoms with Crippen LogP contribution in [-0.4, -0.2) is 133 Å². The van der Waals surface area contributed by atoms with Crippen molar-refractivity contribution in [1.82, 2.24) is 16.0 Å². The van der Waals surface area contributed by atoms with Gasteiger partial charge >= 0.3 is 0 Å². The van der Waals surface area contributed by atoms with Crippen LogP contribution in [0.5, 0.6) is 69.0 Å². The molecule has 9 aliphatic rings. The monoisotopic (exact) mass is 1920 g/mol. The van der Waals surface area contributed by atoms with E-state index in [-0.39, 0.29) is 37.1 Å². The summed E-state index contributed by atoms with van der Waals surface area (Å²) >= 11 is 56.0. The van der Waals surface area contributed by atoms with E-state index in [9.17, 15) is 4.39 Å². The fourth-order valence-electron chi connectivity index (χ4n) is 15.1. The summed E-state index contributed by atoms with van der Waals surface area (Å²) in [5, 5.41) is 15.7. The molecular weight excluding hydrogens is 1830 g/mol. The lowest BCUT2D eigenvalue weighted by molar-refractivity contribution is 0.0141. The van der Waals surface area contributed by atoms with Crippen molar-refractivity contribution in [2.45, 2.75) is 106 Å². The predicted molar refractivity (Wildman–Crippen MR) is 515 cm³/mol. The smallest absolute Gasteiger partial charge is 0.170 e. The van der Waals surface area contributed by atoms with E-state index in [1.807, 2.05) is 171 Å². The van der Waals surface area contributed by atoms with Crippen molar-refractivity contribution in [1.29, 1.82) is 0 Å². The van der Waals surface area contributed by atoms with E-state index in [0.717, 1.165) is 126 Å². The van der Waals surface area contributed by atoms with Crippen molar-refractivity contribution in [2.75, 3.05) is 78.9 Å². The molecule has 28 heteroatoms. The quantitative estimate of drug-likeness (QED) is 0.0470. The van der Waals surface area contributed by atoms with Gasteiger partial charge in [-0.3, -0.25) is 0 Å². The molecule has 0 bridgehead atoms. The van der Waals surface area contributed by atoms with Crippen molar-refractivity contribution in [2.24, 2.45) is 17.2 Å². The average Bonchev–Trinajstić information content (AvgIpc) is 1.30. The second kappa shape index (κ2) is 43.3. The summed E-state index contributed by atoms with van der Waals surface area (Å²) in [5.74, 6) is 7.80. The third-order valence-corrected chi connectivity index (χ3v) is 25.3. The summed E-state index contributed by atoms with van der Waals surface area (Å²) in [6, 6.07) is 73.3. The maximum Gasteiger partial charge on any atom is 0.170 e. The third-order valence-electron chi connectivity index (χ3n) is 22.6. The zero-order chi connectivity index (χ0) is 89.7. The number of halogens is 10. The number of ether oxygens (including phenoxy) is 12. The molecule has 12 aromatic carbocycles. The van der Waals surface area contributed by atoms with Crippen LogP contribution in [0, 0.1) is 5.82 Å². The molecule has 12 aromatic rings. The highest BCUT2D eigenvalue weighted by Gasteiger charge is 2.36. The first kappa shape index (κ1) is 92.8. The van der Waals surface area contributed by atoms with Gasteiger partial charge in [0.05, 0.1) is 30.1 Å². The number of hydrogen-bond donors (Lipinski definition) is 6. The standard InChI is InChI=1S/C19H19Cl2NO2.C18H17Cl2NO2.C18H18ClNO2.C16H17NO2.C15H12Cl2FNO2.C15H13Cl2NO2/c20-12-7-8-15(17(21)9-12)16-5-2-6-18-19(16)24-14(11-23-18)10-22-13-3-1-4-13;19-11-4-7-14(16(20)8-11)15-2-1-3-17-18(15)23-13(10-22-17)9-21-12-5-6-12;19-16-6-2-1-4-14(16)15-5-3-7-17-18(15)22-13(11-21-17)10-20-12-8-9-12;1-16(10-17)11-18-14-9-5-8-13(15(14)19-16)12-6-3-2-4-7-12;16-11-2-1-3-12(17)14(11)10-4-8(18)5-13-15(10)21-9(6-19)7-20-13;16-11-4-2-5-12(17)14(11)10-3-1-6-13-15(10)20-9(7-18)8-19-13/h2,5-9,13-14,22H,1,3-4,10-11H2;1-4,7-8,12-13,21H,5-6,9-10H2;1-7,12-13,20H,8-11H2;2-9H,10-11,17H2,1H3;1-5,9H,6-7,19H2;1-6,9H,7-8,18H2/t;;;16-;2*9-/m...000/s1. The number of nitrogens with two attached hydrogens (primary N) is 3. The summed E-state index contributed by atoms with van der Waals surface area (Å²) < 4.78 is 85.0. The molecule has 9 N–H and O–H groups in total. The van der Waals surface area contributed by atoms with Crippen LogP contribution in [0.2, 0.25) is 45.2 Å². The third kappa shape index (κ3) is 23.2.